The summed E-state index contributed by atoms with van der Waals surface area (Å²) >= 11 is 1.59. The lowest BCUT2D eigenvalue weighted by atomic mass is 10.2. The number of hydrogen-bond acceptors (Lipinski definition) is 4. The number of carbonyl (C=O) groups is 1. The van der Waals surface area contributed by atoms with Gasteiger partial charge in [0.1, 0.15) is 0 Å². The molecule has 2 heterocycles. The average Bonchev–Trinajstić information content (AvgIpc) is 2.84. The Kier molecular flexibility index (Phi) is 2.68. The van der Waals surface area contributed by atoms with Crippen molar-refractivity contribution in [2.24, 2.45) is 0 Å². The van der Waals surface area contributed by atoms with E-state index in [9.17, 15) is 4.79 Å². The molecular weight excluding hydrogens is 236 g/mol. The second kappa shape index (κ2) is 4.33. The molecule has 1 amide bonds. The van der Waals surface area contributed by atoms with Gasteiger partial charge in [0, 0.05) is 12.1 Å². The molecule has 17 heavy (non-hydrogen) atoms. The summed E-state index contributed by atoms with van der Waals surface area (Å²) in [6, 6.07) is 6.16. The highest BCUT2D eigenvalue weighted by molar-refractivity contribution is 7.13. The Bertz CT molecular complexity index is 514. The summed E-state index contributed by atoms with van der Waals surface area (Å²) in [4.78, 5) is 12.6. The highest BCUT2D eigenvalue weighted by Gasteiger charge is 2.23. The molecular formula is C12H12N2O2S. The van der Waals surface area contributed by atoms with Crippen LogP contribution >= 0.6 is 11.3 Å². The molecule has 2 aromatic heterocycles. The molecule has 1 aliphatic carbocycles. The molecule has 1 fully saturated rings. The third-order valence-corrected chi connectivity index (χ3v) is 3.49. The van der Waals surface area contributed by atoms with Crippen LogP contribution in [0.2, 0.25) is 0 Å². The maximum absolute atomic E-state index is 11.6. The Morgan fingerprint density at radius 2 is 2.47 bits per heavy atom. The summed E-state index contributed by atoms with van der Waals surface area (Å²) in [5, 5.41) is 8.82. The normalized spacial score (nSPS) is 14.8. The van der Waals surface area contributed by atoms with E-state index in [-0.39, 0.29) is 5.91 Å². The molecule has 0 radical (unpaired) electrons. The predicted octanol–water partition coefficient (Wildman–Crippen LogP) is 2.22. The topological polar surface area (TPSA) is 55.1 Å². The minimum absolute atomic E-state index is 0.0264. The first-order valence-corrected chi connectivity index (χ1v) is 6.48. The fourth-order valence-electron chi connectivity index (χ4n) is 1.60. The maximum atomic E-state index is 11.6. The Morgan fingerprint density at radius 3 is 3.18 bits per heavy atom. The Balaban J connectivity index is 1.65. The van der Waals surface area contributed by atoms with E-state index in [1.165, 1.54) is 0 Å². The first-order valence-electron chi connectivity index (χ1n) is 5.60. The van der Waals surface area contributed by atoms with Gasteiger partial charge in [-0.3, -0.25) is 4.79 Å². The largest absolute Gasteiger partial charge is 0.355 e. The van der Waals surface area contributed by atoms with Gasteiger partial charge in [-0.2, -0.15) is 0 Å². The maximum Gasteiger partial charge on any atom is 0.226 e. The fourth-order valence-corrected chi connectivity index (χ4v) is 2.27. The third-order valence-electron chi connectivity index (χ3n) is 2.61. The van der Waals surface area contributed by atoms with E-state index in [0.29, 0.717) is 18.2 Å². The minimum atomic E-state index is 0.0264. The minimum Gasteiger partial charge on any atom is -0.355 e. The third kappa shape index (κ3) is 2.55. The lowest BCUT2D eigenvalue weighted by molar-refractivity contribution is -0.120. The van der Waals surface area contributed by atoms with Crippen molar-refractivity contribution < 1.29 is 9.32 Å². The van der Waals surface area contributed by atoms with Crippen LogP contribution in [0.25, 0.3) is 10.6 Å². The summed E-state index contributed by atoms with van der Waals surface area (Å²) in [7, 11) is 0. The molecule has 3 rings (SSSR count). The van der Waals surface area contributed by atoms with Gasteiger partial charge in [0.25, 0.3) is 0 Å². The molecule has 0 unspecified atom stereocenters. The van der Waals surface area contributed by atoms with Crippen molar-refractivity contribution in [1.82, 2.24) is 10.5 Å². The van der Waals surface area contributed by atoms with E-state index in [1.807, 2.05) is 23.6 Å². The van der Waals surface area contributed by atoms with Gasteiger partial charge in [-0.25, -0.2) is 0 Å². The molecule has 0 aromatic carbocycles. The van der Waals surface area contributed by atoms with Gasteiger partial charge >= 0.3 is 0 Å². The van der Waals surface area contributed by atoms with Crippen molar-refractivity contribution in [3.05, 3.63) is 29.3 Å². The van der Waals surface area contributed by atoms with Gasteiger partial charge in [0.05, 0.1) is 17.0 Å². The van der Waals surface area contributed by atoms with Crippen molar-refractivity contribution >= 4 is 17.2 Å². The molecule has 2 aromatic rings. The number of hydrogen-bond donors (Lipinski definition) is 1. The molecule has 1 N–H and O–H groups in total. The summed E-state index contributed by atoms with van der Waals surface area (Å²) in [6.07, 6.45) is 2.50. The first kappa shape index (κ1) is 10.5. The molecule has 5 heteroatoms. The van der Waals surface area contributed by atoms with Crippen LogP contribution in [0, 0.1) is 0 Å². The van der Waals surface area contributed by atoms with Crippen LogP contribution in [-0.2, 0) is 11.2 Å². The van der Waals surface area contributed by atoms with E-state index in [4.69, 9.17) is 4.52 Å². The smallest absolute Gasteiger partial charge is 0.226 e. The molecule has 0 bridgehead atoms. The van der Waals surface area contributed by atoms with Crippen LogP contribution in [0.5, 0.6) is 0 Å². The van der Waals surface area contributed by atoms with Crippen LogP contribution in [-0.4, -0.2) is 17.1 Å². The second-order valence-corrected chi connectivity index (χ2v) is 5.13. The van der Waals surface area contributed by atoms with Crippen LogP contribution < -0.4 is 5.32 Å². The van der Waals surface area contributed by atoms with Crippen molar-refractivity contribution in [3.8, 4) is 10.6 Å². The Hall–Kier alpha value is -1.62. The van der Waals surface area contributed by atoms with Gasteiger partial charge < -0.3 is 9.84 Å². The monoisotopic (exact) mass is 248 g/mol. The van der Waals surface area contributed by atoms with Gasteiger partial charge in [-0.05, 0) is 24.3 Å². The summed E-state index contributed by atoms with van der Waals surface area (Å²) < 4.78 is 5.21. The summed E-state index contributed by atoms with van der Waals surface area (Å²) in [5.74, 6) is 0.757. The van der Waals surface area contributed by atoms with Crippen LogP contribution in [0.3, 0.4) is 0 Å². The number of amides is 1. The summed E-state index contributed by atoms with van der Waals surface area (Å²) in [6.45, 7) is 0. The standard InChI is InChI=1S/C12H12N2O2S/c15-12(13-8-3-4-8)7-9-6-10(16-14-9)11-2-1-5-17-11/h1-2,5-6,8H,3-4,7H2,(H,13,15). The molecule has 0 saturated heterocycles. The number of thiophene rings is 1. The first-order chi connectivity index (χ1) is 8.31. The van der Waals surface area contributed by atoms with E-state index in [2.05, 4.69) is 10.5 Å². The SMILES string of the molecule is O=C(Cc1cc(-c2cccs2)on1)NC1CC1. The highest BCUT2D eigenvalue weighted by Crippen LogP contribution is 2.25. The van der Waals surface area contributed by atoms with Crippen LogP contribution in [0.15, 0.2) is 28.1 Å². The fraction of sp³-hybridized carbons (Fsp3) is 0.333. The zero-order valence-corrected chi connectivity index (χ0v) is 10.00. The number of carbonyl (C=O) groups excluding carboxylic acids is 1. The zero-order chi connectivity index (χ0) is 11.7. The number of aromatic nitrogens is 1. The van der Waals surface area contributed by atoms with Gasteiger partial charge in [0.2, 0.25) is 5.91 Å². The molecule has 1 saturated carbocycles. The number of nitrogens with one attached hydrogen (secondary N) is 1. The van der Waals surface area contributed by atoms with Crippen LogP contribution in [0.4, 0.5) is 0 Å². The number of nitrogens with zero attached hydrogens (tertiary/aromatic N) is 1. The molecule has 0 atom stereocenters. The van der Waals surface area contributed by atoms with Crippen molar-refractivity contribution in [2.75, 3.05) is 0 Å². The van der Waals surface area contributed by atoms with Gasteiger partial charge in [-0.1, -0.05) is 11.2 Å². The van der Waals surface area contributed by atoms with Crippen LogP contribution in [0.1, 0.15) is 18.5 Å². The van der Waals surface area contributed by atoms with E-state index in [0.717, 1.165) is 23.5 Å². The second-order valence-electron chi connectivity index (χ2n) is 4.18. The van der Waals surface area contributed by atoms with Crippen molar-refractivity contribution in [1.29, 1.82) is 0 Å². The molecule has 0 aliphatic heterocycles. The quantitative estimate of drug-likeness (QED) is 0.902. The zero-order valence-electron chi connectivity index (χ0n) is 9.18. The molecule has 4 nitrogen and oxygen atoms in total. The molecule has 1 aliphatic rings. The lowest BCUT2D eigenvalue weighted by Gasteiger charge is -1.98. The van der Waals surface area contributed by atoms with Gasteiger partial charge in [0.15, 0.2) is 5.76 Å². The lowest BCUT2D eigenvalue weighted by Crippen LogP contribution is -2.27. The molecule has 0 spiro atoms. The van der Waals surface area contributed by atoms with E-state index < -0.39 is 0 Å². The Labute approximate surface area is 103 Å². The predicted molar refractivity (Wildman–Crippen MR) is 64.7 cm³/mol. The van der Waals surface area contributed by atoms with Crippen molar-refractivity contribution in [3.63, 3.8) is 0 Å². The average molecular weight is 248 g/mol. The number of rotatable bonds is 4. The Morgan fingerprint density at radius 1 is 1.59 bits per heavy atom. The van der Waals surface area contributed by atoms with Crippen molar-refractivity contribution in [2.45, 2.75) is 25.3 Å². The van der Waals surface area contributed by atoms with E-state index in [1.54, 1.807) is 11.3 Å². The highest BCUT2D eigenvalue weighted by atomic mass is 32.1. The van der Waals surface area contributed by atoms with E-state index >= 15 is 0 Å². The summed E-state index contributed by atoms with van der Waals surface area (Å²) in [5.41, 5.74) is 0.687. The molecule has 88 valence electrons. The van der Waals surface area contributed by atoms with Gasteiger partial charge in [-0.15, -0.1) is 11.3 Å².